The van der Waals surface area contributed by atoms with Gasteiger partial charge in [-0.25, -0.2) is 13.1 Å². The molecule has 1 N–H and O–H groups in total. The summed E-state index contributed by atoms with van der Waals surface area (Å²) in [5.41, 5.74) is 1.41. The fourth-order valence-corrected chi connectivity index (χ4v) is 3.91. The van der Waals surface area contributed by atoms with Gasteiger partial charge >= 0.3 is 0 Å². The van der Waals surface area contributed by atoms with Gasteiger partial charge in [-0.15, -0.1) is 0 Å². The van der Waals surface area contributed by atoms with Crippen LogP contribution in [0.25, 0.3) is 0 Å². The number of rotatable bonds is 7. The first-order valence-electron chi connectivity index (χ1n) is 7.69. The molecule has 0 heterocycles. The lowest BCUT2D eigenvalue weighted by Crippen LogP contribution is -2.37. The van der Waals surface area contributed by atoms with E-state index >= 15 is 0 Å². The molecule has 5 nitrogen and oxygen atoms in total. The zero-order valence-corrected chi connectivity index (χ0v) is 15.2. The van der Waals surface area contributed by atoms with Crippen molar-refractivity contribution in [1.29, 1.82) is 0 Å². The van der Waals surface area contributed by atoms with Crippen molar-refractivity contribution < 1.29 is 17.9 Å². The van der Waals surface area contributed by atoms with Crippen molar-refractivity contribution in [2.45, 2.75) is 31.7 Å². The van der Waals surface area contributed by atoms with E-state index in [0.29, 0.717) is 17.1 Å². The molecule has 2 aromatic carbocycles. The second-order valence-corrected chi connectivity index (χ2v) is 7.42. The first kappa shape index (κ1) is 18.3. The molecule has 0 saturated carbocycles. The molecule has 0 aromatic heterocycles. The Bertz CT molecular complexity index is 788. The number of aryl methyl sites for hydroxylation is 2. The predicted molar refractivity (Wildman–Crippen MR) is 94.2 cm³/mol. The predicted octanol–water partition coefficient (Wildman–Crippen LogP) is 3.06. The summed E-state index contributed by atoms with van der Waals surface area (Å²) in [6.07, 6.45) is 0. The maximum atomic E-state index is 12.6. The second-order valence-electron chi connectivity index (χ2n) is 5.73. The molecular weight excluding hydrogens is 326 g/mol. The van der Waals surface area contributed by atoms with Gasteiger partial charge in [0.2, 0.25) is 10.0 Å². The molecule has 0 bridgehead atoms. The molecule has 0 fully saturated rings. The molecule has 0 aliphatic heterocycles. The first-order valence-corrected chi connectivity index (χ1v) is 9.17. The lowest BCUT2D eigenvalue weighted by atomic mass is 10.1. The van der Waals surface area contributed by atoms with Crippen LogP contribution in [-0.4, -0.2) is 28.2 Å². The number of methoxy groups -OCH3 is 1. The van der Waals surface area contributed by atoms with Gasteiger partial charge in [0.05, 0.1) is 18.0 Å². The Morgan fingerprint density at radius 2 is 1.75 bits per heavy atom. The summed E-state index contributed by atoms with van der Waals surface area (Å²) in [6, 6.07) is 12.3. The van der Waals surface area contributed by atoms with Gasteiger partial charge in [0.15, 0.2) is 0 Å². The highest BCUT2D eigenvalue weighted by Gasteiger charge is 2.21. The van der Waals surface area contributed by atoms with Crippen LogP contribution in [0.2, 0.25) is 0 Å². The van der Waals surface area contributed by atoms with E-state index in [2.05, 4.69) is 4.72 Å². The lowest BCUT2D eigenvalue weighted by Gasteiger charge is -2.17. The first-order chi connectivity index (χ1) is 11.3. The van der Waals surface area contributed by atoms with Gasteiger partial charge in [0.1, 0.15) is 18.1 Å². The van der Waals surface area contributed by atoms with Crippen LogP contribution < -0.4 is 14.2 Å². The third-order valence-corrected chi connectivity index (χ3v) is 5.31. The van der Waals surface area contributed by atoms with Gasteiger partial charge in [-0.05, 0) is 56.2 Å². The molecule has 0 saturated heterocycles. The van der Waals surface area contributed by atoms with E-state index in [0.717, 1.165) is 5.56 Å². The van der Waals surface area contributed by atoms with E-state index < -0.39 is 10.0 Å². The van der Waals surface area contributed by atoms with Crippen molar-refractivity contribution in [3.05, 3.63) is 53.6 Å². The summed E-state index contributed by atoms with van der Waals surface area (Å²) in [7, 11) is -2.06. The fourth-order valence-electron chi connectivity index (χ4n) is 2.37. The number of ether oxygens (including phenoxy) is 2. The minimum atomic E-state index is -3.63. The highest BCUT2D eigenvalue weighted by Crippen LogP contribution is 2.25. The van der Waals surface area contributed by atoms with Gasteiger partial charge in [0.25, 0.3) is 0 Å². The Kier molecular flexibility index (Phi) is 5.85. The molecule has 0 aliphatic rings. The molecule has 24 heavy (non-hydrogen) atoms. The minimum Gasteiger partial charge on any atom is -0.496 e. The van der Waals surface area contributed by atoms with Gasteiger partial charge < -0.3 is 9.47 Å². The van der Waals surface area contributed by atoms with Crippen molar-refractivity contribution in [3.63, 3.8) is 0 Å². The molecule has 0 radical (unpaired) electrons. The monoisotopic (exact) mass is 349 g/mol. The number of benzene rings is 2. The summed E-state index contributed by atoms with van der Waals surface area (Å²) in [6.45, 7) is 5.59. The van der Waals surface area contributed by atoms with Crippen molar-refractivity contribution in [2.24, 2.45) is 0 Å². The zero-order chi connectivity index (χ0) is 17.7. The third-order valence-electron chi connectivity index (χ3n) is 3.58. The Hall–Kier alpha value is -2.05. The number of para-hydroxylation sites is 1. The number of hydrogen-bond acceptors (Lipinski definition) is 4. The van der Waals surface area contributed by atoms with Crippen LogP contribution in [0.4, 0.5) is 0 Å². The maximum Gasteiger partial charge on any atom is 0.241 e. The quantitative estimate of drug-likeness (QED) is 0.834. The van der Waals surface area contributed by atoms with Crippen LogP contribution >= 0.6 is 0 Å². The van der Waals surface area contributed by atoms with Crippen molar-refractivity contribution in [1.82, 2.24) is 4.72 Å². The molecule has 130 valence electrons. The molecular formula is C18H23NO4S. The van der Waals surface area contributed by atoms with Crippen LogP contribution in [0.1, 0.15) is 18.1 Å². The van der Waals surface area contributed by atoms with E-state index in [1.807, 2.05) is 37.3 Å². The van der Waals surface area contributed by atoms with Crippen molar-refractivity contribution >= 4 is 10.0 Å². The van der Waals surface area contributed by atoms with Crippen LogP contribution in [0.3, 0.4) is 0 Å². The average Bonchev–Trinajstić information content (AvgIpc) is 2.55. The maximum absolute atomic E-state index is 12.6. The Morgan fingerprint density at radius 3 is 2.38 bits per heavy atom. The van der Waals surface area contributed by atoms with Crippen LogP contribution in [0.15, 0.2) is 47.4 Å². The molecule has 6 heteroatoms. The van der Waals surface area contributed by atoms with Gasteiger partial charge in [0, 0.05) is 0 Å². The standard InChI is InChI=1S/C18H23NO4S/c1-13-11-18(14(2)10-17(13)22-4)24(20,21)19-15(3)12-23-16-8-6-5-7-9-16/h5-11,15,19H,12H2,1-4H3/t15-/m1/s1. The second kappa shape index (κ2) is 7.68. The summed E-state index contributed by atoms with van der Waals surface area (Å²) in [4.78, 5) is 0.257. The summed E-state index contributed by atoms with van der Waals surface area (Å²) >= 11 is 0. The van der Waals surface area contributed by atoms with Crippen molar-refractivity contribution in [2.75, 3.05) is 13.7 Å². The molecule has 2 rings (SSSR count). The Labute approximate surface area is 143 Å². The Morgan fingerprint density at radius 1 is 1.08 bits per heavy atom. The number of hydrogen-bond donors (Lipinski definition) is 1. The summed E-state index contributed by atoms with van der Waals surface area (Å²) in [5.74, 6) is 1.38. The highest BCUT2D eigenvalue weighted by molar-refractivity contribution is 7.89. The van der Waals surface area contributed by atoms with E-state index in [-0.39, 0.29) is 17.5 Å². The molecule has 1 atom stereocenters. The lowest BCUT2D eigenvalue weighted by molar-refractivity contribution is 0.287. The molecule has 0 spiro atoms. The molecule has 0 aliphatic carbocycles. The van der Waals surface area contributed by atoms with Gasteiger partial charge in [-0.2, -0.15) is 0 Å². The minimum absolute atomic E-state index is 0.247. The highest BCUT2D eigenvalue weighted by atomic mass is 32.2. The van der Waals surface area contributed by atoms with E-state index in [4.69, 9.17) is 9.47 Å². The van der Waals surface area contributed by atoms with E-state index in [9.17, 15) is 8.42 Å². The molecule has 0 unspecified atom stereocenters. The summed E-state index contributed by atoms with van der Waals surface area (Å²) in [5, 5.41) is 0. The average molecular weight is 349 g/mol. The van der Waals surface area contributed by atoms with Gasteiger partial charge in [-0.3, -0.25) is 0 Å². The topological polar surface area (TPSA) is 64.6 Å². The SMILES string of the molecule is COc1cc(C)c(S(=O)(=O)N[C@H](C)COc2ccccc2)cc1C. The van der Waals surface area contributed by atoms with E-state index in [1.54, 1.807) is 33.1 Å². The molecule has 2 aromatic rings. The van der Waals surface area contributed by atoms with Crippen LogP contribution in [0.5, 0.6) is 11.5 Å². The fraction of sp³-hybridized carbons (Fsp3) is 0.333. The summed E-state index contributed by atoms with van der Waals surface area (Å²) < 4.78 is 38.7. The Balaban J connectivity index is 2.09. The zero-order valence-electron chi connectivity index (χ0n) is 14.4. The van der Waals surface area contributed by atoms with E-state index in [1.165, 1.54) is 0 Å². The smallest absolute Gasteiger partial charge is 0.241 e. The number of sulfonamides is 1. The van der Waals surface area contributed by atoms with Gasteiger partial charge in [-0.1, -0.05) is 18.2 Å². The van der Waals surface area contributed by atoms with Crippen LogP contribution in [-0.2, 0) is 10.0 Å². The van der Waals surface area contributed by atoms with Crippen LogP contribution in [0, 0.1) is 13.8 Å². The third kappa shape index (κ3) is 4.49. The normalized spacial score (nSPS) is 12.7. The molecule has 0 amide bonds. The van der Waals surface area contributed by atoms with Crippen molar-refractivity contribution in [3.8, 4) is 11.5 Å². The largest absolute Gasteiger partial charge is 0.496 e. The number of nitrogens with one attached hydrogen (secondary N) is 1.